The lowest BCUT2D eigenvalue weighted by Crippen LogP contribution is -2.47. The molecule has 1 atom stereocenters. The molecule has 1 aliphatic rings. The Bertz CT molecular complexity index is 1090. The molecule has 7 heteroatoms. The summed E-state index contributed by atoms with van der Waals surface area (Å²) in [6, 6.07) is 24.9. The fraction of sp³-hybridized carbons (Fsp3) is 0.345. The number of hydrogen-bond donors (Lipinski definition) is 2. The van der Waals surface area contributed by atoms with Crippen LogP contribution in [0.3, 0.4) is 0 Å². The predicted molar refractivity (Wildman–Crippen MR) is 148 cm³/mol. The molecular weight excluding hydrogens is 468 g/mol. The lowest BCUT2D eigenvalue weighted by atomic mass is 10.1. The second kappa shape index (κ2) is 12.9. The quantitative estimate of drug-likeness (QED) is 0.352. The van der Waals surface area contributed by atoms with Crippen LogP contribution in [0.2, 0.25) is 0 Å². The minimum atomic E-state index is -0.276. The molecule has 1 amide bonds. The highest BCUT2D eigenvalue weighted by Crippen LogP contribution is 2.47. The minimum Gasteiger partial charge on any atom is -0.378 e. The van der Waals surface area contributed by atoms with Crippen LogP contribution in [0.25, 0.3) is 0 Å². The molecule has 1 unspecified atom stereocenters. The van der Waals surface area contributed by atoms with Gasteiger partial charge in [-0.3, -0.25) is 9.69 Å². The second-order valence-electron chi connectivity index (χ2n) is 9.08. The zero-order valence-electron chi connectivity index (χ0n) is 21.2. The lowest BCUT2D eigenvalue weighted by molar-refractivity contribution is -0.126. The molecule has 190 valence electrons. The molecule has 0 spiro atoms. The Morgan fingerprint density at radius 3 is 2.28 bits per heavy atom. The van der Waals surface area contributed by atoms with Crippen molar-refractivity contribution in [1.82, 2.24) is 10.2 Å². The number of nitrogens with one attached hydrogen (secondary N) is 1. The molecule has 0 aliphatic carbocycles. The first-order valence-corrected chi connectivity index (χ1v) is 13.3. The van der Waals surface area contributed by atoms with Gasteiger partial charge in [-0.15, -0.1) is 0 Å². The first kappa shape index (κ1) is 26.2. The van der Waals surface area contributed by atoms with Crippen molar-refractivity contribution < 1.29 is 9.53 Å². The van der Waals surface area contributed by atoms with Crippen molar-refractivity contribution in [3.63, 3.8) is 0 Å². The van der Waals surface area contributed by atoms with Gasteiger partial charge in [-0.25, -0.2) is 0 Å². The van der Waals surface area contributed by atoms with E-state index < -0.39 is 0 Å². The number of amides is 1. The number of hydrogen-bond acceptors (Lipinski definition) is 6. The van der Waals surface area contributed by atoms with Gasteiger partial charge in [-0.05, 0) is 56.8 Å². The summed E-state index contributed by atoms with van der Waals surface area (Å²) in [6.07, 6.45) is 0.606. The van der Waals surface area contributed by atoms with Crippen molar-refractivity contribution >= 4 is 29.0 Å². The summed E-state index contributed by atoms with van der Waals surface area (Å²) in [5.74, 6) is 0.00237. The molecule has 0 radical (unpaired) electrons. The maximum atomic E-state index is 12.9. The number of aryl methyl sites for hydroxylation is 1. The van der Waals surface area contributed by atoms with Crippen LogP contribution >= 0.6 is 11.8 Å². The maximum Gasteiger partial charge on any atom is 0.237 e. The molecule has 6 nitrogen and oxygen atoms in total. The van der Waals surface area contributed by atoms with E-state index in [1.165, 1.54) is 26.7 Å². The van der Waals surface area contributed by atoms with Crippen molar-refractivity contribution in [2.24, 2.45) is 5.73 Å². The first-order valence-electron chi connectivity index (χ1n) is 12.5. The van der Waals surface area contributed by atoms with Crippen LogP contribution in [0.5, 0.6) is 0 Å². The summed E-state index contributed by atoms with van der Waals surface area (Å²) in [7, 11) is 1.96. The Labute approximate surface area is 218 Å². The van der Waals surface area contributed by atoms with Crippen molar-refractivity contribution in [2.45, 2.75) is 35.7 Å². The highest BCUT2D eigenvalue weighted by molar-refractivity contribution is 7.99. The summed E-state index contributed by atoms with van der Waals surface area (Å²) in [4.78, 5) is 19.8. The summed E-state index contributed by atoms with van der Waals surface area (Å²) >= 11 is 1.81. The van der Waals surface area contributed by atoms with E-state index >= 15 is 0 Å². The number of nitrogens with zero attached hydrogens (tertiary/aromatic N) is 2. The number of fused-ring (bicyclic) bond motifs is 2. The van der Waals surface area contributed by atoms with Crippen LogP contribution in [0.1, 0.15) is 17.5 Å². The molecule has 3 aromatic carbocycles. The molecule has 0 fully saturated rings. The normalized spacial score (nSPS) is 13.3. The van der Waals surface area contributed by atoms with Crippen LogP contribution in [-0.4, -0.2) is 56.7 Å². The number of ether oxygens (including phenoxy) is 1. The number of likely N-dealkylation sites (N-methyl/N-ethyl adjacent to an activating group) is 1. The average Bonchev–Trinajstić information content (AvgIpc) is 2.90. The monoisotopic (exact) mass is 504 g/mol. The standard InChI is InChI=1S/C29H36N4O2S/c1-22-11-13-23(14-12-22)21-31-29(34)26(15-16-30)32(2)17-19-35-20-18-33-24-7-3-5-9-27(24)36-28-10-6-4-8-25(28)33/h3-14,26H,15-21,30H2,1-2H3,(H,31,34). The van der Waals surface area contributed by atoms with Crippen molar-refractivity contribution in [3.05, 3.63) is 83.9 Å². The molecule has 0 saturated carbocycles. The first-order chi connectivity index (χ1) is 17.6. The van der Waals surface area contributed by atoms with E-state index in [0.717, 1.165) is 12.1 Å². The van der Waals surface area contributed by atoms with Crippen LogP contribution in [0, 0.1) is 6.92 Å². The van der Waals surface area contributed by atoms with E-state index in [0.29, 0.717) is 39.3 Å². The third-order valence-corrected chi connectivity index (χ3v) is 7.57. The van der Waals surface area contributed by atoms with Gasteiger partial charge in [0.15, 0.2) is 0 Å². The van der Waals surface area contributed by atoms with Gasteiger partial charge in [0, 0.05) is 29.4 Å². The molecular formula is C29H36N4O2S. The lowest BCUT2D eigenvalue weighted by Gasteiger charge is -2.32. The van der Waals surface area contributed by atoms with Crippen LogP contribution in [0.4, 0.5) is 11.4 Å². The fourth-order valence-corrected chi connectivity index (χ4v) is 5.46. The van der Waals surface area contributed by atoms with Gasteiger partial charge in [0.2, 0.25) is 5.91 Å². The minimum absolute atomic E-state index is 0.00237. The van der Waals surface area contributed by atoms with Gasteiger partial charge in [0.1, 0.15) is 0 Å². The van der Waals surface area contributed by atoms with Gasteiger partial charge in [0.05, 0.1) is 30.6 Å². The van der Waals surface area contributed by atoms with E-state index in [-0.39, 0.29) is 11.9 Å². The molecule has 36 heavy (non-hydrogen) atoms. The molecule has 3 N–H and O–H groups in total. The van der Waals surface area contributed by atoms with Gasteiger partial charge < -0.3 is 20.7 Å². The topological polar surface area (TPSA) is 70.8 Å². The summed E-state index contributed by atoms with van der Waals surface area (Å²) < 4.78 is 6.03. The summed E-state index contributed by atoms with van der Waals surface area (Å²) in [5.41, 5.74) is 10.6. The van der Waals surface area contributed by atoms with Crippen LogP contribution in [-0.2, 0) is 16.1 Å². The van der Waals surface area contributed by atoms with Gasteiger partial charge in [-0.1, -0.05) is 65.9 Å². The maximum absolute atomic E-state index is 12.9. The van der Waals surface area contributed by atoms with E-state index in [9.17, 15) is 4.79 Å². The zero-order valence-corrected chi connectivity index (χ0v) is 22.0. The Balaban J connectivity index is 1.26. The number of para-hydroxylation sites is 2. The van der Waals surface area contributed by atoms with Crippen molar-refractivity contribution in [3.8, 4) is 0 Å². The number of rotatable bonds is 12. The Hall–Kier alpha value is -2.84. The molecule has 0 bridgehead atoms. The Morgan fingerprint density at radius 2 is 1.64 bits per heavy atom. The smallest absolute Gasteiger partial charge is 0.237 e. The molecule has 0 saturated heterocycles. The van der Waals surface area contributed by atoms with Gasteiger partial charge >= 0.3 is 0 Å². The van der Waals surface area contributed by atoms with Crippen LogP contribution < -0.4 is 16.0 Å². The number of nitrogens with two attached hydrogens (primary N) is 1. The highest BCUT2D eigenvalue weighted by atomic mass is 32.2. The Kier molecular flexibility index (Phi) is 9.41. The van der Waals surface area contributed by atoms with E-state index in [1.807, 2.05) is 35.8 Å². The third-order valence-electron chi connectivity index (χ3n) is 6.44. The fourth-order valence-electron chi connectivity index (χ4n) is 4.37. The molecule has 0 aromatic heterocycles. The Morgan fingerprint density at radius 1 is 1.00 bits per heavy atom. The van der Waals surface area contributed by atoms with Crippen LogP contribution in [0.15, 0.2) is 82.6 Å². The van der Waals surface area contributed by atoms with E-state index in [2.05, 4.69) is 77.8 Å². The van der Waals surface area contributed by atoms with Gasteiger partial charge in [0.25, 0.3) is 0 Å². The largest absolute Gasteiger partial charge is 0.378 e. The van der Waals surface area contributed by atoms with Crippen molar-refractivity contribution in [1.29, 1.82) is 0 Å². The summed E-state index contributed by atoms with van der Waals surface area (Å²) in [6.45, 7) is 5.60. The average molecular weight is 505 g/mol. The molecule has 1 aliphatic heterocycles. The predicted octanol–water partition coefficient (Wildman–Crippen LogP) is 4.58. The van der Waals surface area contributed by atoms with Crippen molar-refractivity contribution in [2.75, 3.05) is 44.8 Å². The third kappa shape index (κ3) is 6.68. The SMILES string of the molecule is Cc1ccc(CNC(=O)C(CCN)N(C)CCOCCN2c3ccccc3Sc3ccccc32)cc1. The zero-order chi connectivity index (χ0) is 25.3. The number of benzene rings is 3. The van der Waals surface area contributed by atoms with E-state index in [1.54, 1.807) is 0 Å². The van der Waals surface area contributed by atoms with Gasteiger partial charge in [-0.2, -0.15) is 0 Å². The number of carbonyl (C=O) groups excluding carboxylic acids is 1. The number of anilines is 2. The highest BCUT2D eigenvalue weighted by Gasteiger charge is 2.24. The summed E-state index contributed by atoms with van der Waals surface area (Å²) in [5, 5.41) is 3.06. The molecule has 4 rings (SSSR count). The second-order valence-corrected chi connectivity index (χ2v) is 10.2. The number of carbonyl (C=O) groups is 1. The van der Waals surface area contributed by atoms with E-state index in [4.69, 9.17) is 10.5 Å². The molecule has 1 heterocycles. The molecule has 3 aromatic rings.